The number of esters is 1. The number of hydrogen-bond acceptors (Lipinski definition) is 7. The minimum absolute atomic E-state index is 0.191. The third-order valence-corrected chi connectivity index (χ3v) is 6.03. The van der Waals surface area contributed by atoms with Crippen LogP contribution in [-0.2, 0) is 4.79 Å². The molecule has 3 heterocycles. The smallest absolute Gasteiger partial charge is 0.463 e. The lowest BCUT2D eigenvalue weighted by Crippen LogP contribution is -2.55. The molecule has 1 saturated heterocycles. The number of rotatable bonds is 5. The number of carbonyl (C=O) groups excluding carboxylic acids is 2. The monoisotopic (exact) mass is 547 g/mol. The standard InChI is InChI=1S/C26H18F5N3O5/c27-25(28)8-9-34(23(35)17-6-3-5-16(10-17)20-12-32-14-37-20)13-21(25)39-22-19(38-24(36)26(29,30)31)11-15-4-1-2-7-18(15)33-22/h1-7,10-12,14,21H,8-9,13H2. The number of halogens is 5. The number of likely N-dealkylation sites (tertiary alicyclic amines) is 1. The number of fused-ring (bicyclic) bond motifs is 1. The molecule has 1 unspecified atom stereocenters. The predicted molar refractivity (Wildman–Crippen MR) is 125 cm³/mol. The zero-order valence-corrected chi connectivity index (χ0v) is 19.8. The van der Waals surface area contributed by atoms with Gasteiger partial charge in [0.2, 0.25) is 0 Å². The molecule has 0 bridgehead atoms. The summed E-state index contributed by atoms with van der Waals surface area (Å²) < 4.78 is 83.6. The summed E-state index contributed by atoms with van der Waals surface area (Å²) in [6, 6.07) is 13.4. The molecule has 1 aliphatic rings. The molecular weight excluding hydrogens is 529 g/mol. The van der Waals surface area contributed by atoms with Crippen LogP contribution in [0.5, 0.6) is 11.6 Å². The summed E-state index contributed by atoms with van der Waals surface area (Å²) in [5, 5.41) is 0.286. The molecule has 2 aromatic carbocycles. The van der Waals surface area contributed by atoms with E-state index in [0.29, 0.717) is 11.3 Å². The summed E-state index contributed by atoms with van der Waals surface area (Å²) in [5.41, 5.74) is 0.942. The molecular formula is C26H18F5N3O5. The van der Waals surface area contributed by atoms with Gasteiger partial charge in [0.25, 0.3) is 17.7 Å². The molecule has 0 radical (unpaired) electrons. The Bertz CT molecular complexity index is 1520. The topological polar surface area (TPSA) is 94.8 Å². The normalized spacial score (nSPS) is 17.2. The van der Waals surface area contributed by atoms with Gasteiger partial charge in [0.15, 0.2) is 24.0 Å². The first-order valence-corrected chi connectivity index (χ1v) is 11.5. The number of nitrogens with zero attached hydrogens (tertiary/aromatic N) is 3. The lowest BCUT2D eigenvalue weighted by molar-refractivity contribution is -0.190. The molecule has 202 valence electrons. The minimum atomic E-state index is -5.35. The number of para-hydroxylation sites is 1. The highest BCUT2D eigenvalue weighted by atomic mass is 19.4. The van der Waals surface area contributed by atoms with Gasteiger partial charge < -0.3 is 18.8 Å². The average molecular weight is 547 g/mol. The van der Waals surface area contributed by atoms with E-state index in [1.165, 1.54) is 36.9 Å². The Hall–Kier alpha value is -4.55. The molecule has 0 N–H and O–H groups in total. The number of amides is 1. The lowest BCUT2D eigenvalue weighted by Gasteiger charge is -2.38. The first kappa shape index (κ1) is 26.1. The maximum absolute atomic E-state index is 14.9. The van der Waals surface area contributed by atoms with Gasteiger partial charge in [-0.15, -0.1) is 0 Å². The summed E-state index contributed by atoms with van der Waals surface area (Å²) in [7, 11) is 0. The van der Waals surface area contributed by atoms with Crippen LogP contribution in [0.4, 0.5) is 22.0 Å². The highest BCUT2D eigenvalue weighted by Gasteiger charge is 2.48. The van der Waals surface area contributed by atoms with E-state index in [1.54, 1.807) is 24.3 Å². The van der Waals surface area contributed by atoms with E-state index in [0.717, 1.165) is 11.0 Å². The molecule has 4 aromatic rings. The Morgan fingerprint density at radius 1 is 1.08 bits per heavy atom. The van der Waals surface area contributed by atoms with Gasteiger partial charge in [0.1, 0.15) is 0 Å². The molecule has 0 saturated carbocycles. The molecule has 0 aliphatic carbocycles. The molecule has 0 spiro atoms. The highest BCUT2D eigenvalue weighted by Crippen LogP contribution is 2.37. The summed E-state index contributed by atoms with van der Waals surface area (Å²) >= 11 is 0. The first-order valence-electron chi connectivity index (χ1n) is 11.5. The number of piperidine rings is 1. The maximum atomic E-state index is 14.9. The van der Waals surface area contributed by atoms with Crippen molar-refractivity contribution in [3.05, 3.63) is 72.8 Å². The molecule has 2 aromatic heterocycles. The number of benzene rings is 2. The van der Waals surface area contributed by atoms with Gasteiger partial charge >= 0.3 is 12.1 Å². The quantitative estimate of drug-likeness (QED) is 0.248. The van der Waals surface area contributed by atoms with Gasteiger partial charge in [-0.1, -0.05) is 30.3 Å². The van der Waals surface area contributed by atoms with Gasteiger partial charge in [0, 0.05) is 29.5 Å². The second-order valence-electron chi connectivity index (χ2n) is 8.69. The number of oxazole rings is 1. The van der Waals surface area contributed by atoms with Crippen molar-refractivity contribution in [1.82, 2.24) is 14.9 Å². The number of hydrogen-bond donors (Lipinski definition) is 0. The molecule has 1 amide bonds. The SMILES string of the molecule is O=C(c1cccc(-c2cnco2)c1)N1CCC(F)(F)C(Oc2nc3ccccc3cc2OC(=O)C(F)(F)F)C1. The lowest BCUT2D eigenvalue weighted by atomic mass is 10.0. The van der Waals surface area contributed by atoms with Gasteiger partial charge in [-0.2, -0.15) is 13.2 Å². The van der Waals surface area contributed by atoms with Crippen LogP contribution in [0.15, 0.2) is 71.6 Å². The third kappa shape index (κ3) is 5.52. The van der Waals surface area contributed by atoms with Crippen LogP contribution in [0.2, 0.25) is 0 Å². The molecule has 39 heavy (non-hydrogen) atoms. The fraction of sp³-hybridized carbons (Fsp3) is 0.231. The zero-order valence-electron chi connectivity index (χ0n) is 19.8. The van der Waals surface area contributed by atoms with Crippen LogP contribution in [0.3, 0.4) is 0 Å². The van der Waals surface area contributed by atoms with E-state index in [1.807, 2.05) is 0 Å². The summed E-state index contributed by atoms with van der Waals surface area (Å²) in [4.78, 5) is 33.7. The number of ether oxygens (including phenoxy) is 2. The van der Waals surface area contributed by atoms with Crippen molar-refractivity contribution in [2.75, 3.05) is 13.1 Å². The first-order chi connectivity index (χ1) is 18.5. The number of alkyl halides is 5. The maximum Gasteiger partial charge on any atom is 0.491 e. The van der Waals surface area contributed by atoms with E-state index in [4.69, 9.17) is 9.15 Å². The number of carbonyl (C=O) groups is 2. The fourth-order valence-corrected chi connectivity index (χ4v) is 4.05. The Balaban J connectivity index is 1.42. The van der Waals surface area contributed by atoms with Crippen molar-refractivity contribution >= 4 is 22.8 Å². The molecule has 1 aliphatic heterocycles. The van der Waals surface area contributed by atoms with Crippen LogP contribution in [0.25, 0.3) is 22.2 Å². The Morgan fingerprint density at radius 3 is 2.62 bits per heavy atom. The molecule has 1 fully saturated rings. The van der Waals surface area contributed by atoms with Crippen LogP contribution >= 0.6 is 0 Å². The van der Waals surface area contributed by atoms with Crippen molar-refractivity contribution in [1.29, 1.82) is 0 Å². The van der Waals surface area contributed by atoms with Crippen molar-refractivity contribution in [3.63, 3.8) is 0 Å². The number of pyridine rings is 1. The Labute approximate surface area is 217 Å². The molecule has 13 heteroatoms. The van der Waals surface area contributed by atoms with Gasteiger partial charge in [0.05, 0.1) is 18.3 Å². The Kier molecular flexibility index (Phi) is 6.66. The van der Waals surface area contributed by atoms with Gasteiger partial charge in [-0.05, 0) is 24.3 Å². The molecule has 1 atom stereocenters. The highest BCUT2D eigenvalue weighted by molar-refractivity contribution is 5.95. The largest absolute Gasteiger partial charge is 0.491 e. The van der Waals surface area contributed by atoms with E-state index < -0.39 is 54.7 Å². The van der Waals surface area contributed by atoms with Crippen molar-refractivity contribution in [3.8, 4) is 23.0 Å². The average Bonchev–Trinajstić information content (AvgIpc) is 3.44. The van der Waals surface area contributed by atoms with Crippen molar-refractivity contribution < 1.29 is 45.4 Å². The fourth-order valence-electron chi connectivity index (χ4n) is 4.05. The van der Waals surface area contributed by atoms with Crippen LogP contribution < -0.4 is 9.47 Å². The summed E-state index contributed by atoms with van der Waals surface area (Å²) in [5.74, 6) is -7.73. The van der Waals surface area contributed by atoms with Gasteiger partial charge in [-0.25, -0.2) is 23.5 Å². The van der Waals surface area contributed by atoms with E-state index in [2.05, 4.69) is 14.7 Å². The van der Waals surface area contributed by atoms with E-state index in [-0.39, 0.29) is 23.0 Å². The zero-order chi connectivity index (χ0) is 27.8. The van der Waals surface area contributed by atoms with E-state index in [9.17, 15) is 31.5 Å². The van der Waals surface area contributed by atoms with Crippen LogP contribution in [0, 0.1) is 0 Å². The van der Waals surface area contributed by atoms with E-state index >= 15 is 0 Å². The van der Waals surface area contributed by atoms with Crippen LogP contribution in [-0.4, -0.2) is 58.0 Å². The Morgan fingerprint density at radius 2 is 1.87 bits per heavy atom. The molecule has 5 rings (SSSR count). The molecule has 8 nitrogen and oxygen atoms in total. The third-order valence-electron chi connectivity index (χ3n) is 6.03. The van der Waals surface area contributed by atoms with Crippen LogP contribution in [0.1, 0.15) is 16.8 Å². The minimum Gasteiger partial charge on any atom is -0.463 e. The van der Waals surface area contributed by atoms with Crippen molar-refractivity contribution in [2.24, 2.45) is 0 Å². The second-order valence-corrected chi connectivity index (χ2v) is 8.69. The van der Waals surface area contributed by atoms with Crippen molar-refractivity contribution in [2.45, 2.75) is 24.6 Å². The second kappa shape index (κ2) is 9.97. The summed E-state index contributed by atoms with van der Waals surface area (Å²) in [6.45, 7) is -0.918. The number of aromatic nitrogens is 2. The summed E-state index contributed by atoms with van der Waals surface area (Å²) in [6.07, 6.45) is -5.45. The van der Waals surface area contributed by atoms with Gasteiger partial charge in [-0.3, -0.25) is 4.79 Å². The predicted octanol–water partition coefficient (Wildman–Crippen LogP) is 5.29.